The number of halogens is 1. The second-order valence-corrected chi connectivity index (χ2v) is 11.4. The first kappa shape index (κ1) is 21.3. The van der Waals surface area contributed by atoms with Gasteiger partial charge in [-0.25, -0.2) is 16.8 Å². The van der Waals surface area contributed by atoms with E-state index in [2.05, 4.69) is 20.7 Å². The Hall–Kier alpha value is -1.42. The van der Waals surface area contributed by atoms with E-state index >= 15 is 0 Å². The van der Waals surface area contributed by atoms with Gasteiger partial charge in [0.15, 0.2) is 0 Å². The minimum Gasteiger partial charge on any atom is -0.279 e. The molecule has 1 aliphatic rings. The first-order valence-electron chi connectivity index (χ1n) is 9.01. The molecule has 6 nitrogen and oxygen atoms in total. The van der Waals surface area contributed by atoms with Crippen LogP contribution in [-0.2, 0) is 20.0 Å². The van der Waals surface area contributed by atoms with E-state index in [9.17, 15) is 16.8 Å². The lowest BCUT2D eigenvalue weighted by Gasteiger charge is -2.26. The summed E-state index contributed by atoms with van der Waals surface area (Å²) in [6, 6.07) is 9.50. The number of benzene rings is 2. The Balaban J connectivity index is 1.95. The van der Waals surface area contributed by atoms with E-state index in [4.69, 9.17) is 0 Å². The minimum atomic E-state index is -3.88. The molecule has 1 heterocycles. The number of sulfonamides is 2. The molecule has 0 bridgehead atoms. The van der Waals surface area contributed by atoms with Crippen LogP contribution in [0.1, 0.15) is 30.4 Å². The summed E-state index contributed by atoms with van der Waals surface area (Å²) >= 11 is 3.29. The standard InChI is InChI=1S/C19H23BrN2O4S2/c1-14-6-9-19(17(20)12-14)27(23,24)21-18-13-16(8-7-15(18)2)28(25,26)22-10-4-3-5-11-22/h6-9,12-13,21H,3-5,10-11H2,1-2H3. The van der Waals surface area contributed by atoms with Crippen LogP contribution in [0.3, 0.4) is 0 Å². The third-order valence-corrected chi connectivity index (χ3v) is 9.02. The number of nitrogens with zero attached hydrogens (tertiary/aromatic N) is 1. The normalized spacial score (nSPS) is 16.1. The Morgan fingerprint density at radius 2 is 1.61 bits per heavy atom. The molecule has 0 aromatic heterocycles. The fraction of sp³-hybridized carbons (Fsp3) is 0.368. The zero-order valence-corrected chi connectivity index (χ0v) is 19.0. The summed E-state index contributed by atoms with van der Waals surface area (Å²) in [5.41, 5.74) is 1.83. The summed E-state index contributed by atoms with van der Waals surface area (Å²) in [5.74, 6) is 0. The number of nitrogens with one attached hydrogen (secondary N) is 1. The molecule has 28 heavy (non-hydrogen) atoms. The van der Waals surface area contributed by atoms with Crippen LogP contribution in [-0.4, -0.2) is 34.2 Å². The van der Waals surface area contributed by atoms with E-state index in [-0.39, 0.29) is 15.5 Å². The molecule has 1 aliphatic heterocycles. The van der Waals surface area contributed by atoms with Crippen molar-refractivity contribution in [2.24, 2.45) is 0 Å². The molecule has 152 valence electrons. The predicted molar refractivity (Wildman–Crippen MR) is 113 cm³/mol. The van der Waals surface area contributed by atoms with Gasteiger partial charge in [0, 0.05) is 17.6 Å². The van der Waals surface area contributed by atoms with E-state index in [0.717, 1.165) is 24.8 Å². The lowest BCUT2D eigenvalue weighted by molar-refractivity contribution is 0.346. The molecule has 0 radical (unpaired) electrons. The van der Waals surface area contributed by atoms with Crippen LogP contribution in [0.2, 0.25) is 0 Å². The van der Waals surface area contributed by atoms with Gasteiger partial charge in [-0.05, 0) is 78.0 Å². The molecule has 2 aromatic carbocycles. The van der Waals surface area contributed by atoms with Gasteiger partial charge >= 0.3 is 0 Å². The Kier molecular flexibility index (Phi) is 6.19. The smallest absolute Gasteiger partial charge is 0.263 e. The second-order valence-electron chi connectivity index (χ2n) is 6.98. The van der Waals surface area contributed by atoms with Crippen molar-refractivity contribution in [3.63, 3.8) is 0 Å². The molecule has 0 spiro atoms. The van der Waals surface area contributed by atoms with Crippen LogP contribution in [0.4, 0.5) is 5.69 Å². The molecule has 1 saturated heterocycles. The SMILES string of the molecule is Cc1ccc(S(=O)(=O)Nc2cc(S(=O)(=O)N3CCCCC3)ccc2C)c(Br)c1. The minimum absolute atomic E-state index is 0.0978. The van der Waals surface area contributed by atoms with Gasteiger partial charge in [-0.3, -0.25) is 4.72 Å². The first-order valence-corrected chi connectivity index (χ1v) is 12.7. The Bertz CT molecular complexity index is 1090. The number of aryl methyl sites for hydroxylation is 2. The Morgan fingerprint density at radius 1 is 0.929 bits per heavy atom. The van der Waals surface area contributed by atoms with Gasteiger partial charge in [-0.15, -0.1) is 0 Å². The van der Waals surface area contributed by atoms with Crippen molar-refractivity contribution in [2.75, 3.05) is 17.8 Å². The van der Waals surface area contributed by atoms with Gasteiger partial charge in [-0.2, -0.15) is 4.31 Å². The quantitative estimate of drug-likeness (QED) is 0.690. The summed E-state index contributed by atoms with van der Waals surface area (Å²) in [7, 11) is -7.52. The van der Waals surface area contributed by atoms with Gasteiger partial charge in [-0.1, -0.05) is 18.6 Å². The van der Waals surface area contributed by atoms with Crippen molar-refractivity contribution in [3.05, 3.63) is 52.0 Å². The van der Waals surface area contributed by atoms with Crippen LogP contribution < -0.4 is 4.72 Å². The van der Waals surface area contributed by atoms with Crippen LogP contribution >= 0.6 is 15.9 Å². The highest BCUT2D eigenvalue weighted by atomic mass is 79.9. The van der Waals surface area contributed by atoms with E-state index in [1.807, 2.05) is 6.92 Å². The first-order chi connectivity index (χ1) is 13.1. The molecule has 9 heteroatoms. The van der Waals surface area contributed by atoms with E-state index in [1.54, 1.807) is 25.1 Å². The predicted octanol–water partition coefficient (Wildman–Crippen LogP) is 4.04. The van der Waals surface area contributed by atoms with Crippen molar-refractivity contribution in [2.45, 2.75) is 42.9 Å². The van der Waals surface area contributed by atoms with Gasteiger partial charge < -0.3 is 0 Å². The molecule has 1 fully saturated rings. The third-order valence-electron chi connectivity index (χ3n) is 4.78. The molecule has 0 unspecified atom stereocenters. The number of anilines is 1. The zero-order valence-electron chi connectivity index (χ0n) is 15.8. The molecule has 0 saturated carbocycles. The van der Waals surface area contributed by atoms with Crippen molar-refractivity contribution in [1.82, 2.24) is 4.31 Å². The van der Waals surface area contributed by atoms with E-state index in [0.29, 0.717) is 23.1 Å². The second kappa shape index (κ2) is 8.14. The number of piperidine rings is 1. The fourth-order valence-electron chi connectivity index (χ4n) is 3.15. The summed E-state index contributed by atoms with van der Waals surface area (Å²) in [5, 5.41) is 0. The largest absolute Gasteiger partial charge is 0.279 e. The van der Waals surface area contributed by atoms with E-state index < -0.39 is 20.0 Å². The van der Waals surface area contributed by atoms with Crippen molar-refractivity contribution < 1.29 is 16.8 Å². The highest BCUT2D eigenvalue weighted by Crippen LogP contribution is 2.29. The van der Waals surface area contributed by atoms with Gasteiger partial charge in [0.25, 0.3) is 10.0 Å². The zero-order chi connectivity index (χ0) is 20.5. The van der Waals surface area contributed by atoms with Gasteiger partial charge in [0.05, 0.1) is 10.6 Å². The van der Waals surface area contributed by atoms with Crippen LogP contribution in [0.15, 0.2) is 50.7 Å². The van der Waals surface area contributed by atoms with Crippen LogP contribution in [0.5, 0.6) is 0 Å². The van der Waals surface area contributed by atoms with Gasteiger partial charge in [0.1, 0.15) is 4.90 Å². The molecule has 1 N–H and O–H groups in total. The fourth-order valence-corrected chi connectivity index (χ4v) is 7.01. The highest BCUT2D eigenvalue weighted by molar-refractivity contribution is 9.10. The van der Waals surface area contributed by atoms with E-state index in [1.165, 1.54) is 22.5 Å². The van der Waals surface area contributed by atoms with Crippen LogP contribution in [0, 0.1) is 13.8 Å². The lowest BCUT2D eigenvalue weighted by atomic mass is 10.2. The molecule has 0 aliphatic carbocycles. The monoisotopic (exact) mass is 486 g/mol. The molecule has 2 aromatic rings. The topological polar surface area (TPSA) is 83.5 Å². The summed E-state index contributed by atoms with van der Waals surface area (Å²) in [4.78, 5) is 0.197. The summed E-state index contributed by atoms with van der Waals surface area (Å²) < 4.78 is 56.0. The average Bonchev–Trinajstić information content (AvgIpc) is 2.63. The van der Waals surface area contributed by atoms with Crippen LogP contribution in [0.25, 0.3) is 0 Å². The third kappa shape index (κ3) is 4.42. The van der Waals surface area contributed by atoms with Gasteiger partial charge in [0.2, 0.25) is 10.0 Å². The van der Waals surface area contributed by atoms with Crippen molar-refractivity contribution >= 4 is 41.7 Å². The van der Waals surface area contributed by atoms with Crippen molar-refractivity contribution in [3.8, 4) is 0 Å². The maximum atomic E-state index is 12.9. The van der Waals surface area contributed by atoms with Crippen molar-refractivity contribution in [1.29, 1.82) is 0 Å². The average molecular weight is 487 g/mol. The number of rotatable bonds is 5. The summed E-state index contributed by atoms with van der Waals surface area (Å²) in [6.45, 7) is 4.59. The molecular formula is C19H23BrN2O4S2. The maximum absolute atomic E-state index is 12.9. The lowest BCUT2D eigenvalue weighted by Crippen LogP contribution is -2.35. The Morgan fingerprint density at radius 3 is 2.25 bits per heavy atom. The molecule has 0 amide bonds. The number of hydrogen-bond acceptors (Lipinski definition) is 4. The molecule has 0 atom stereocenters. The number of hydrogen-bond donors (Lipinski definition) is 1. The molecule has 3 rings (SSSR count). The Labute approximate surface area is 175 Å². The summed E-state index contributed by atoms with van der Waals surface area (Å²) in [6.07, 6.45) is 2.70. The maximum Gasteiger partial charge on any atom is 0.263 e. The highest BCUT2D eigenvalue weighted by Gasteiger charge is 2.27. The molecular weight excluding hydrogens is 464 g/mol.